The summed E-state index contributed by atoms with van der Waals surface area (Å²) in [6, 6.07) is 5.72. The Bertz CT molecular complexity index is 591. The maximum atomic E-state index is 11.1. The third kappa shape index (κ3) is 4.73. The van der Waals surface area contributed by atoms with Gasteiger partial charge in [-0.05, 0) is 43.4 Å². The summed E-state index contributed by atoms with van der Waals surface area (Å²) in [5, 5.41) is 22.0. The van der Waals surface area contributed by atoms with Crippen molar-refractivity contribution in [2.75, 3.05) is 0 Å². The van der Waals surface area contributed by atoms with Crippen LogP contribution in [0.1, 0.15) is 56.6 Å². The lowest BCUT2D eigenvalue weighted by Crippen LogP contribution is -2.26. The first-order valence-electron chi connectivity index (χ1n) is 8.75. The summed E-state index contributed by atoms with van der Waals surface area (Å²) < 4.78 is 5.58. The molecule has 1 atom stereocenters. The Balaban J connectivity index is 2.06. The number of ether oxygens (including phenoxy) is 1. The second-order valence-electron chi connectivity index (χ2n) is 6.56. The fourth-order valence-electron chi connectivity index (χ4n) is 3.32. The van der Waals surface area contributed by atoms with Gasteiger partial charge in [0.15, 0.2) is 6.10 Å². The van der Waals surface area contributed by atoms with E-state index in [1.165, 1.54) is 19.3 Å². The lowest BCUT2D eigenvalue weighted by atomic mass is 9.83. The Morgan fingerprint density at radius 3 is 2.58 bits per heavy atom. The zero-order chi connectivity index (χ0) is 17.5. The Morgan fingerprint density at radius 2 is 2.04 bits per heavy atom. The molecule has 1 unspecified atom stereocenters. The monoisotopic (exact) mass is 333 g/mol. The molecule has 5 heteroatoms. The van der Waals surface area contributed by atoms with Crippen molar-refractivity contribution in [2.24, 2.45) is 11.1 Å². The highest BCUT2D eigenvalue weighted by Crippen LogP contribution is 2.27. The van der Waals surface area contributed by atoms with E-state index in [0.29, 0.717) is 24.5 Å². The van der Waals surface area contributed by atoms with Crippen LogP contribution in [-0.4, -0.2) is 28.1 Å². The van der Waals surface area contributed by atoms with E-state index in [0.717, 1.165) is 29.7 Å². The van der Waals surface area contributed by atoms with Crippen molar-refractivity contribution in [3.63, 3.8) is 0 Å². The second kappa shape index (κ2) is 8.71. The minimum absolute atomic E-state index is 0.372. The molecule has 0 spiro atoms. The van der Waals surface area contributed by atoms with Gasteiger partial charge in [-0.25, -0.2) is 4.79 Å². The summed E-state index contributed by atoms with van der Waals surface area (Å²) in [4.78, 5) is 11.1. The van der Waals surface area contributed by atoms with Crippen molar-refractivity contribution in [1.82, 2.24) is 0 Å². The van der Waals surface area contributed by atoms with E-state index in [9.17, 15) is 10.0 Å². The second-order valence-corrected chi connectivity index (χ2v) is 6.56. The number of hydrogen-bond acceptors (Lipinski definition) is 4. The largest absolute Gasteiger partial charge is 0.479 e. The van der Waals surface area contributed by atoms with Crippen molar-refractivity contribution >= 4 is 11.7 Å². The number of hydrogen-bond donors (Lipinski definition) is 2. The van der Waals surface area contributed by atoms with Crippen LogP contribution in [0.25, 0.3) is 0 Å². The number of carbonyl (C=O) groups is 1. The van der Waals surface area contributed by atoms with Gasteiger partial charge in [-0.1, -0.05) is 43.5 Å². The average molecular weight is 333 g/mol. The van der Waals surface area contributed by atoms with Crippen LogP contribution in [0.15, 0.2) is 23.4 Å². The molecule has 1 fully saturated rings. The van der Waals surface area contributed by atoms with Gasteiger partial charge in [0.2, 0.25) is 0 Å². The highest BCUT2D eigenvalue weighted by atomic mass is 16.5. The van der Waals surface area contributed by atoms with Gasteiger partial charge in [0, 0.05) is 12.3 Å². The molecule has 0 bridgehead atoms. The SMILES string of the molecule is CCC(Oc1ccc(CC(=NO)C2CCCCC2)cc1C)C(=O)O. The summed E-state index contributed by atoms with van der Waals surface area (Å²) in [6.07, 6.45) is 6.06. The molecule has 132 valence electrons. The number of aliphatic carboxylic acids is 1. The van der Waals surface area contributed by atoms with E-state index in [-0.39, 0.29) is 0 Å². The maximum Gasteiger partial charge on any atom is 0.344 e. The Kier molecular flexibility index (Phi) is 6.64. The number of benzene rings is 1. The van der Waals surface area contributed by atoms with Crippen LogP contribution in [0, 0.1) is 12.8 Å². The molecule has 2 N–H and O–H groups in total. The van der Waals surface area contributed by atoms with Gasteiger partial charge in [0.1, 0.15) is 5.75 Å². The molecule has 5 nitrogen and oxygen atoms in total. The van der Waals surface area contributed by atoms with Crippen molar-refractivity contribution in [3.8, 4) is 5.75 Å². The molecule has 2 rings (SSSR count). The Labute approximate surface area is 143 Å². The van der Waals surface area contributed by atoms with Gasteiger partial charge in [-0.15, -0.1) is 0 Å². The zero-order valence-electron chi connectivity index (χ0n) is 14.5. The molecule has 1 aromatic carbocycles. The molecular formula is C19H27NO4. The van der Waals surface area contributed by atoms with Gasteiger partial charge in [0.25, 0.3) is 0 Å². The fraction of sp³-hybridized carbons (Fsp3) is 0.579. The number of nitrogens with zero attached hydrogens (tertiary/aromatic N) is 1. The van der Waals surface area contributed by atoms with Crippen LogP contribution in [0.2, 0.25) is 0 Å². The molecule has 0 saturated heterocycles. The minimum atomic E-state index is -0.951. The van der Waals surface area contributed by atoms with Crippen LogP contribution in [0.4, 0.5) is 0 Å². The molecule has 1 aliphatic carbocycles. The third-order valence-electron chi connectivity index (χ3n) is 4.74. The van der Waals surface area contributed by atoms with Gasteiger partial charge in [-0.2, -0.15) is 0 Å². The normalized spacial score (nSPS) is 17.5. The van der Waals surface area contributed by atoms with Gasteiger partial charge < -0.3 is 15.1 Å². The van der Waals surface area contributed by atoms with E-state index < -0.39 is 12.1 Å². The number of carboxylic acid groups (broad SMARTS) is 1. The van der Waals surface area contributed by atoms with Crippen LogP contribution in [0.3, 0.4) is 0 Å². The van der Waals surface area contributed by atoms with E-state index in [4.69, 9.17) is 9.84 Å². The van der Waals surface area contributed by atoms with Gasteiger partial charge in [-0.3, -0.25) is 0 Å². The van der Waals surface area contributed by atoms with E-state index in [1.54, 1.807) is 6.92 Å². The van der Waals surface area contributed by atoms with Crippen molar-refractivity contribution in [1.29, 1.82) is 0 Å². The molecule has 0 aliphatic heterocycles. The number of aryl methyl sites for hydroxylation is 1. The summed E-state index contributed by atoms with van der Waals surface area (Å²) in [6.45, 7) is 3.69. The van der Waals surface area contributed by atoms with Crippen LogP contribution in [-0.2, 0) is 11.2 Å². The number of rotatable bonds is 7. The molecule has 1 aromatic rings. The molecule has 0 radical (unpaired) electrons. The lowest BCUT2D eigenvalue weighted by Gasteiger charge is -2.22. The fourth-order valence-corrected chi connectivity index (χ4v) is 3.32. The summed E-state index contributed by atoms with van der Waals surface area (Å²) in [5.41, 5.74) is 2.80. The Hall–Kier alpha value is -2.04. The summed E-state index contributed by atoms with van der Waals surface area (Å²) >= 11 is 0. The molecule has 0 aromatic heterocycles. The third-order valence-corrected chi connectivity index (χ3v) is 4.74. The molecule has 1 saturated carbocycles. The predicted octanol–water partition coefficient (Wildman–Crippen LogP) is 4.19. The van der Waals surface area contributed by atoms with Crippen LogP contribution < -0.4 is 4.74 Å². The maximum absolute atomic E-state index is 11.1. The highest BCUT2D eigenvalue weighted by Gasteiger charge is 2.21. The smallest absolute Gasteiger partial charge is 0.344 e. The molecule has 0 heterocycles. The number of oxime groups is 1. The standard InChI is InChI=1S/C19H27NO4/c1-3-17(19(21)22)24-18-10-9-14(11-13(18)2)12-16(20-23)15-7-5-4-6-8-15/h9-11,15,17,23H,3-8,12H2,1-2H3,(H,21,22). The van der Waals surface area contributed by atoms with Gasteiger partial charge >= 0.3 is 5.97 Å². The zero-order valence-corrected chi connectivity index (χ0v) is 14.5. The number of carboxylic acids is 1. The average Bonchev–Trinajstić information content (AvgIpc) is 2.59. The topological polar surface area (TPSA) is 79.1 Å². The first-order valence-corrected chi connectivity index (χ1v) is 8.75. The van der Waals surface area contributed by atoms with Crippen molar-refractivity contribution < 1.29 is 19.8 Å². The lowest BCUT2D eigenvalue weighted by molar-refractivity contribution is -0.145. The molecule has 0 amide bonds. The molecule has 24 heavy (non-hydrogen) atoms. The quantitative estimate of drug-likeness (QED) is 0.445. The first kappa shape index (κ1) is 18.3. The minimum Gasteiger partial charge on any atom is -0.479 e. The van der Waals surface area contributed by atoms with Crippen molar-refractivity contribution in [3.05, 3.63) is 29.3 Å². The Morgan fingerprint density at radius 1 is 1.33 bits per heavy atom. The van der Waals surface area contributed by atoms with Gasteiger partial charge in [0.05, 0.1) is 5.71 Å². The van der Waals surface area contributed by atoms with Crippen LogP contribution in [0.5, 0.6) is 5.75 Å². The molecule has 1 aliphatic rings. The summed E-state index contributed by atoms with van der Waals surface area (Å²) in [7, 11) is 0. The molecular weight excluding hydrogens is 306 g/mol. The van der Waals surface area contributed by atoms with E-state index >= 15 is 0 Å². The van der Waals surface area contributed by atoms with E-state index in [2.05, 4.69) is 5.16 Å². The predicted molar refractivity (Wildman–Crippen MR) is 93.0 cm³/mol. The summed E-state index contributed by atoms with van der Waals surface area (Å²) in [5.74, 6) is 0.0117. The van der Waals surface area contributed by atoms with Crippen molar-refractivity contribution in [2.45, 2.75) is 64.9 Å². The van der Waals surface area contributed by atoms with Crippen LogP contribution >= 0.6 is 0 Å². The first-order chi connectivity index (χ1) is 11.5. The van der Waals surface area contributed by atoms with E-state index in [1.807, 2.05) is 25.1 Å². The highest BCUT2D eigenvalue weighted by molar-refractivity contribution is 5.88.